The Hall–Kier alpha value is -0.380. The molecule has 2 atom stereocenters. The molecule has 0 aromatic carbocycles. The molecular formula is C13H23NOS. The van der Waals surface area contributed by atoms with E-state index < -0.39 is 0 Å². The minimum Gasteiger partial charge on any atom is -0.372 e. The second-order valence-electron chi connectivity index (χ2n) is 4.27. The molecule has 2 nitrogen and oxygen atoms in total. The molecule has 0 aliphatic heterocycles. The minimum atomic E-state index is 0.0563. The van der Waals surface area contributed by atoms with E-state index in [-0.39, 0.29) is 12.1 Å². The van der Waals surface area contributed by atoms with E-state index in [0.29, 0.717) is 0 Å². The van der Waals surface area contributed by atoms with Crippen molar-refractivity contribution in [1.82, 2.24) is 0 Å². The molecule has 0 aliphatic carbocycles. The van der Waals surface area contributed by atoms with Crippen molar-refractivity contribution < 1.29 is 4.74 Å². The van der Waals surface area contributed by atoms with Gasteiger partial charge in [0, 0.05) is 12.6 Å². The maximum atomic E-state index is 5.95. The Morgan fingerprint density at radius 2 is 2.19 bits per heavy atom. The molecule has 1 aromatic heterocycles. The van der Waals surface area contributed by atoms with Crippen LogP contribution in [0.1, 0.15) is 51.2 Å². The summed E-state index contributed by atoms with van der Waals surface area (Å²) >= 11 is 1.70. The lowest BCUT2D eigenvalue weighted by Gasteiger charge is -2.20. The van der Waals surface area contributed by atoms with Crippen LogP contribution in [0.4, 0.5) is 0 Å². The zero-order chi connectivity index (χ0) is 11.8. The summed E-state index contributed by atoms with van der Waals surface area (Å²) in [6.07, 6.45) is 5.02. The first-order chi connectivity index (χ1) is 7.75. The largest absolute Gasteiger partial charge is 0.372 e. The molecule has 1 heterocycles. The summed E-state index contributed by atoms with van der Waals surface area (Å²) in [5.41, 5.74) is 7.17. The average Bonchev–Trinajstić information content (AvgIpc) is 2.76. The van der Waals surface area contributed by atoms with Crippen LogP contribution in [0.2, 0.25) is 0 Å². The van der Waals surface area contributed by atoms with Gasteiger partial charge in [-0.25, -0.2) is 0 Å². The maximum absolute atomic E-state index is 5.95. The predicted octanol–water partition coefficient (Wildman–Crippen LogP) is 3.73. The molecule has 16 heavy (non-hydrogen) atoms. The first kappa shape index (κ1) is 13.7. The molecule has 0 aliphatic rings. The van der Waals surface area contributed by atoms with Crippen molar-refractivity contribution in [3.63, 3.8) is 0 Å². The number of thiophene rings is 1. The van der Waals surface area contributed by atoms with E-state index in [1.54, 1.807) is 11.3 Å². The monoisotopic (exact) mass is 241 g/mol. The highest BCUT2D eigenvalue weighted by molar-refractivity contribution is 7.07. The Morgan fingerprint density at radius 3 is 2.75 bits per heavy atom. The molecule has 92 valence electrons. The van der Waals surface area contributed by atoms with Crippen molar-refractivity contribution >= 4 is 11.3 Å². The van der Waals surface area contributed by atoms with Gasteiger partial charge in [-0.1, -0.05) is 26.2 Å². The number of nitrogens with two attached hydrogens (primary N) is 1. The molecule has 0 amide bonds. The first-order valence-corrected chi connectivity index (χ1v) is 7.09. The van der Waals surface area contributed by atoms with E-state index in [1.807, 2.05) is 6.92 Å². The van der Waals surface area contributed by atoms with Crippen LogP contribution in [0.25, 0.3) is 0 Å². The highest BCUT2D eigenvalue weighted by Gasteiger charge is 2.16. The SMILES string of the molecule is CCCCCCOC(c1ccsc1)C(C)N. The van der Waals surface area contributed by atoms with Crippen molar-refractivity contribution in [2.75, 3.05) is 6.61 Å². The summed E-state index contributed by atoms with van der Waals surface area (Å²) in [5.74, 6) is 0. The average molecular weight is 241 g/mol. The highest BCUT2D eigenvalue weighted by atomic mass is 32.1. The molecule has 0 fully saturated rings. The molecular weight excluding hydrogens is 218 g/mol. The Balaban J connectivity index is 2.30. The molecule has 1 rings (SSSR count). The second kappa shape index (κ2) is 7.82. The van der Waals surface area contributed by atoms with Crippen LogP contribution in [0.3, 0.4) is 0 Å². The van der Waals surface area contributed by atoms with Crippen LogP contribution in [0.15, 0.2) is 16.8 Å². The van der Waals surface area contributed by atoms with Gasteiger partial charge in [-0.2, -0.15) is 11.3 Å². The maximum Gasteiger partial charge on any atom is 0.0980 e. The van der Waals surface area contributed by atoms with Crippen molar-refractivity contribution in [2.45, 2.75) is 51.7 Å². The quantitative estimate of drug-likeness (QED) is 0.704. The van der Waals surface area contributed by atoms with E-state index in [2.05, 4.69) is 23.8 Å². The fraction of sp³-hybridized carbons (Fsp3) is 0.692. The van der Waals surface area contributed by atoms with Crippen molar-refractivity contribution in [3.05, 3.63) is 22.4 Å². The van der Waals surface area contributed by atoms with E-state index in [1.165, 1.54) is 24.8 Å². The Kier molecular flexibility index (Phi) is 6.69. The van der Waals surface area contributed by atoms with Gasteiger partial charge in [-0.15, -0.1) is 0 Å². The van der Waals surface area contributed by atoms with Crippen molar-refractivity contribution in [3.8, 4) is 0 Å². The number of unbranched alkanes of at least 4 members (excludes halogenated alkanes) is 3. The molecule has 2 N–H and O–H groups in total. The lowest BCUT2D eigenvalue weighted by molar-refractivity contribution is 0.0361. The van der Waals surface area contributed by atoms with E-state index in [0.717, 1.165) is 13.0 Å². The third-order valence-electron chi connectivity index (χ3n) is 2.64. The standard InChI is InChI=1S/C13H23NOS/c1-3-4-5-6-8-15-13(11(2)14)12-7-9-16-10-12/h7,9-11,13H,3-6,8,14H2,1-2H3. The number of ether oxygens (including phenoxy) is 1. The predicted molar refractivity (Wildman–Crippen MR) is 70.8 cm³/mol. The van der Waals surface area contributed by atoms with Gasteiger partial charge in [-0.05, 0) is 35.7 Å². The summed E-state index contributed by atoms with van der Waals surface area (Å²) in [4.78, 5) is 0. The normalized spacial score (nSPS) is 14.9. The minimum absolute atomic E-state index is 0.0563. The molecule has 0 bridgehead atoms. The van der Waals surface area contributed by atoms with Crippen LogP contribution in [0, 0.1) is 0 Å². The van der Waals surface area contributed by atoms with E-state index in [9.17, 15) is 0 Å². The topological polar surface area (TPSA) is 35.2 Å². The van der Waals surface area contributed by atoms with Crippen LogP contribution < -0.4 is 5.73 Å². The summed E-state index contributed by atoms with van der Waals surface area (Å²) in [5, 5.41) is 4.20. The number of hydrogen-bond donors (Lipinski definition) is 1. The molecule has 0 spiro atoms. The Bertz CT molecular complexity index is 259. The van der Waals surface area contributed by atoms with Gasteiger partial charge in [0.25, 0.3) is 0 Å². The molecule has 3 heteroatoms. The highest BCUT2D eigenvalue weighted by Crippen LogP contribution is 2.23. The van der Waals surface area contributed by atoms with Crippen molar-refractivity contribution in [1.29, 1.82) is 0 Å². The van der Waals surface area contributed by atoms with E-state index >= 15 is 0 Å². The number of hydrogen-bond acceptors (Lipinski definition) is 3. The molecule has 1 aromatic rings. The second-order valence-corrected chi connectivity index (χ2v) is 5.05. The van der Waals surface area contributed by atoms with Gasteiger partial charge in [0.2, 0.25) is 0 Å². The lowest BCUT2D eigenvalue weighted by Crippen LogP contribution is -2.27. The summed E-state index contributed by atoms with van der Waals surface area (Å²) in [6, 6.07) is 2.16. The van der Waals surface area contributed by atoms with Gasteiger partial charge in [0.15, 0.2) is 0 Å². The third-order valence-corrected chi connectivity index (χ3v) is 3.35. The summed E-state index contributed by atoms with van der Waals surface area (Å²) in [7, 11) is 0. The Labute approximate surface area is 103 Å². The Morgan fingerprint density at radius 1 is 1.38 bits per heavy atom. The first-order valence-electron chi connectivity index (χ1n) is 6.15. The smallest absolute Gasteiger partial charge is 0.0980 e. The zero-order valence-corrected chi connectivity index (χ0v) is 11.1. The van der Waals surface area contributed by atoms with Crippen LogP contribution in [0.5, 0.6) is 0 Å². The van der Waals surface area contributed by atoms with Crippen molar-refractivity contribution in [2.24, 2.45) is 5.73 Å². The fourth-order valence-corrected chi connectivity index (χ4v) is 2.41. The van der Waals surface area contributed by atoms with Gasteiger partial charge >= 0.3 is 0 Å². The lowest BCUT2D eigenvalue weighted by atomic mass is 10.1. The molecule has 0 radical (unpaired) electrons. The van der Waals surface area contributed by atoms with Gasteiger partial charge < -0.3 is 10.5 Å². The third kappa shape index (κ3) is 4.64. The summed E-state index contributed by atoms with van der Waals surface area (Å²) < 4.78 is 5.88. The fourth-order valence-electron chi connectivity index (χ4n) is 1.73. The molecule has 2 unspecified atom stereocenters. The van der Waals surface area contributed by atoms with Crippen LogP contribution in [-0.4, -0.2) is 12.6 Å². The van der Waals surface area contributed by atoms with E-state index in [4.69, 9.17) is 10.5 Å². The zero-order valence-electron chi connectivity index (χ0n) is 10.3. The number of rotatable bonds is 8. The van der Waals surface area contributed by atoms with Crippen LogP contribution >= 0.6 is 11.3 Å². The van der Waals surface area contributed by atoms with Gasteiger partial charge in [-0.3, -0.25) is 0 Å². The van der Waals surface area contributed by atoms with Gasteiger partial charge in [0.1, 0.15) is 0 Å². The summed E-state index contributed by atoms with van der Waals surface area (Å²) in [6.45, 7) is 5.05. The molecule has 0 saturated carbocycles. The van der Waals surface area contributed by atoms with Crippen LogP contribution in [-0.2, 0) is 4.74 Å². The van der Waals surface area contributed by atoms with Gasteiger partial charge in [0.05, 0.1) is 6.10 Å². The molecule has 0 saturated heterocycles.